The summed E-state index contributed by atoms with van der Waals surface area (Å²) in [5.41, 5.74) is 1.13. The number of nitrogens with one attached hydrogen (secondary N) is 1. The molecule has 0 aromatic heterocycles. The van der Waals surface area contributed by atoms with E-state index < -0.39 is 11.6 Å². The van der Waals surface area contributed by atoms with Crippen LogP contribution in [0.15, 0.2) is 48.5 Å². The Morgan fingerprint density at radius 2 is 1.71 bits per heavy atom. The van der Waals surface area contributed by atoms with Crippen LogP contribution < -0.4 is 5.32 Å². The summed E-state index contributed by atoms with van der Waals surface area (Å²) in [7, 11) is 0. The molecule has 2 aromatic rings. The second kappa shape index (κ2) is 6.85. The van der Waals surface area contributed by atoms with E-state index in [4.69, 9.17) is 0 Å². The number of urea groups is 1. The van der Waals surface area contributed by atoms with Crippen LogP contribution in [0.1, 0.15) is 24.3 Å². The Morgan fingerprint density at radius 1 is 0.964 bits per heavy atom. The number of anilines is 1. The number of likely N-dealkylation sites (tertiary alicyclic amines) is 1. The molecule has 2 aromatic carbocycles. The van der Waals surface area contributed by atoms with E-state index in [2.05, 4.69) is 10.2 Å². The largest absolute Gasteiger partial charge is 0.322 e. The van der Waals surface area contributed by atoms with Crippen LogP contribution in [-0.2, 0) is 0 Å². The van der Waals surface area contributed by atoms with Crippen LogP contribution in [-0.4, -0.2) is 47.5 Å². The van der Waals surface area contributed by atoms with E-state index in [-0.39, 0.29) is 24.0 Å². The van der Waals surface area contributed by atoms with Crippen molar-refractivity contribution in [1.82, 2.24) is 9.80 Å². The molecule has 4 nitrogen and oxygen atoms in total. The van der Waals surface area contributed by atoms with Crippen molar-refractivity contribution in [2.45, 2.75) is 30.8 Å². The summed E-state index contributed by atoms with van der Waals surface area (Å²) in [5, 5.41) is 2.98. The number of hydrogen-bond acceptors (Lipinski definition) is 2. The molecular formula is C22H23F2N3O. The first-order valence-corrected chi connectivity index (χ1v) is 9.94. The number of carbonyl (C=O) groups is 1. The molecule has 146 valence electrons. The number of para-hydroxylation sites is 1. The number of benzene rings is 2. The number of amides is 2. The lowest BCUT2D eigenvalue weighted by molar-refractivity contribution is 0.00469. The van der Waals surface area contributed by atoms with Crippen LogP contribution in [0.5, 0.6) is 0 Å². The molecule has 0 radical (unpaired) electrons. The molecule has 0 unspecified atom stereocenters. The first-order chi connectivity index (χ1) is 13.6. The van der Waals surface area contributed by atoms with Crippen molar-refractivity contribution >= 4 is 11.7 Å². The van der Waals surface area contributed by atoms with Crippen molar-refractivity contribution in [3.05, 3.63) is 65.7 Å². The smallest absolute Gasteiger partial charge is 0.319 e. The summed E-state index contributed by atoms with van der Waals surface area (Å²) in [6.07, 6.45) is 2.10. The Kier molecular flexibility index (Phi) is 4.31. The molecular weight excluding hydrogens is 360 g/mol. The first-order valence-electron chi connectivity index (χ1n) is 9.94. The molecule has 3 atom stereocenters. The van der Waals surface area contributed by atoms with E-state index in [1.165, 1.54) is 0 Å². The average Bonchev–Trinajstić information content (AvgIpc) is 3.15. The normalized spacial score (nSPS) is 30.9. The SMILES string of the molecule is O=C(Nc1ccccc1)N1C[C@H](c2cccc(F)c2F)[C@H]2[C@@H]1C1CCN2CC1. The molecule has 2 amide bonds. The van der Waals surface area contributed by atoms with Crippen molar-refractivity contribution in [1.29, 1.82) is 0 Å². The van der Waals surface area contributed by atoms with Crippen LogP contribution in [0, 0.1) is 17.6 Å². The van der Waals surface area contributed by atoms with Gasteiger partial charge in [0.1, 0.15) is 0 Å². The second-order valence-corrected chi connectivity index (χ2v) is 8.05. The van der Waals surface area contributed by atoms with Gasteiger partial charge in [-0.2, -0.15) is 0 Å². The maximum Gasteiger partial charge on any atom is 0.322 e. The van der Waals surface area contributed by atoms with Crippen LogP contribution in [0.25, 0.3) is 0 Å². The molecule has 0 spiro atoms. The minimum atomic E-state index is -0.822. The van der Waals surface area contributed by atoms with Gasteiger partial charge in [-0.1, -0.05) is 30.3 Å². The lowest BCUT2D eigenvalue weighted by atomic mass is 9.75. The Bertz CT molecular complexity index is 883. The van der Waals surface area contributed by atoms with Gasteiger partial charge in [0, 0.05) is 24.2 Å². The van der Waals surface area contributed by atoms with Crippen LogP contribution in [0.3, 0.4) is 0 Å². The van der Waals surface area contributed by atoms with E-state index in [0.29, 0.717) is 18.0 Å². The Balaban J connectivity index is 1.49. The van der Waals surface area contributed by atoms with Gasteiger partial charge in [-0.25, -0.2) is 13.6 Å². The highest BCUT2D eigenvalue weighted by Crippen LogP contribution is 2.47. The fourth-order valence-corrected chi connectivity index (χ4v) is 5.45. The van der Waals surface area contributed by atoms with Crippen molar-refractivity contribution in [2.24, 2.45) is 5.92 Å². The van der Waals surface area contributed by atoms with Crippen LogP contribution in [0.2, 0.25) is 0 Å². The molecule has 6 rings (SSSR count). The summed E-state index contributed by atoms with van der Waals surface area (Å²) in [6.45, 7) is 2.34. The van der Waals surface area contributed by atoms with E-state index in [1.807, 2.05) is 35.2 Å². The molecule has 4 heterocycles. The second-order valence-electron chi connectivity index (χ2n) is 8.05. The van der Waals surface area contributed by atoms with E-state index >= 15 is 0 Å². The molecule has 4 fully saturated rings. The molecule has 0 saturated carbocycles. The summed E-state index contributed by atoms with van der Waals surface area (Å²) >= 11 is 0. The highest BCUT2D eigenvalue weighted by atomic mass is 19.2. The fraction of sp³-hybridized carbons (Fsp3) is 0.409. The van der Waals surface area contributed by atoms with Crippen molar-refractivity contribution in [2.75, 3.05) is 25.0 Å². The minimum absolute atomic E-state index is 0.0406. The third kappa shape index (κ3) is 2.78. The van der Waals surface area contributed by atoms with E-state index in [0.717, 1.165) is 37.7 Å². The summed E-state index contributed by atoms with van der Waals surface area (Å²) in [5.74, 6) is -1.40. The fourth-order valence-electron chi connectivity index (χ4n) is 5.45. The van der Waals surface area contributed by atoms with Gasteiger partial charge in [-0.15, -0.1) is 0 Å². The topological polar surface area (TPSA) is 35.6 Å². The number of fused-ring (bicyclic) bond motifs is 2. The van der Waals surface area contributed by atoms with E-state index in [1.54, 1.807) is 12.1 Å². The van der Waals surface area contributed by atoms with Gasteiger partial charge in [-0.3, -0.25) is 4.90 Å². The Morgan fingerprint density at radius 3 is 2.46 bits per heavy atom. The molecule has 1 N–H and O–H groups in total. The molecule has 28 heavy (non-hydrogen) atoms. The van der Waals surface area contributed by atoms with E-state index in [9.17, 15) is 13.6 Å². The Hall–Kier alpha value is -2.47. The first kappa shape index (κ1) is 17.6. The van der Waals surface area contributed by atoms with Gasteiger partial charge >= 0.3 is 6.03 Å². The molecule has 6 heteroatoms. The maximum atomic E-state index is 14.6. The van der Waals surface area contributed by atoms with Gasteiger partial charge in [0.05, 0.1) is 6.04 Å². The molecule has 0 aliphatic carbocycles. The van der Waals surface area contributed by atoms with Gasteiger partial charge in [0.25, 0.3) is 0 Å². The molecule has 4 aliphatic heterocycles. The van der Waals surface area contributed by atoms with Crippen molar-refractivity contribution in [3.63, 3.8) is 0 Å². The molecule has 4 saturated heterocycles. The van der Waals surface area contributed by atoms with Crippen molar-refractivity contribution < 1.29 is 13.6 Å². The highest BCUT2D eigenvalue weighted by molar-refractivity contribution is 5.90. The minimum Gasteiger partial charge on any atom is -0.319 e. The van der Waals surface area contributed by atoms with Gasteiger partial charge in [0.2, 0.25) is 0 Å². The van der Waals surface area contributed by atoms with Crippen molar-refractivity contribution in [3.8, 4) is 0 Å². The standard InChI is InChI=1S/C22H23F2N3O/c23-18-8-4-7-16(19(18)24)17-13-27(22(28)25-15-5-2-1-3-6-15)20-14-9-11-26(12-10-14)21(17)20/h1-8,14,17,20-21H,9-13H2,(H,25,28)/t17-,20+,21+/m1/s1. The summed E-state index contributed by atoms with van der Waals surface area (Å²) < 4.78 is 28.5. The zero-order valence-corrected chi connectivity index (χ0v) is 15.5. The van der Waals surface area contributed by atoms with Gasteiger partial charge < -0.3 is 10.2 Å². The predicted molar refractivity (Wildman–Crippen MR) is 103 cm³/mol. The lowest BCUT2D eigenvalue weighted by Gasteiger charge is -2.51. The average molecular weight is 383 g/mol. The third-order valence-electron chi connectivity index (χ3n) is 6.66. The Labute approximate surface area is 163 Å². The number of carbonyl (C=O) groups excluding carboxylic acids is 1. The van der Waals surface area contributed by atoms with Gasteiger partial charge in [-0.05, 0) is 55.6 Å². The van der Waals surface area contributed by atoms with Crippen LogP contribution >= 0.6 is 0 Å². The zero-order valence-electron chi connectivity index (χ0n) is 15.5. The number of hydrogen-bond donors (Lipinski definition) is 1. The number of piperidine rings is 3. The molecule has 2 bridgehead atoms. The summed E-state index contributed by atoms with van der Waals surface area (Å²) in [4.78, 5) is 17.3. The summed E-state index contributed by atoms with van der Waals surface area (Å²) in [6, 6.07) is 13.7. The molecule has 4 aliphatic rings. The number of halogens is 2. The monoisotopic (exact) mass is 383 g/mol. The predicted octanol–water partition coefficient (Wildman–Crippen LogP) is 4.06. The maximum absolute atomic E-state index is 14.6. The lowest BCUT2D eigenvalue weighted by Crippen LogP contribution is -2.61. The zero-order chi connectivity index (χ0) is 19.3. The quantitative estimate of drug-likeness (QED) is 0.849. The number of rotatable bonds is 2. The van der Waals surface area contributed by atoms with Crippen LogP contribution in [0.4, 0.5) is 19.3 Å². The number of nitrogens with zero attached hydrogens (tertiary/aromatic N) is 2. The third-order valence-corrected chi connectivity index (χ3v) is 6.66. The highest BCUT2D eigenvalue weighted by Gasteiger charge is 2.55. The van der Waals surface area contributed by atoms with Gasteiger partial charge in [0.15, 0.2) is 11.6 Å².